The maximum atomic E-state index is 15.4. The van der Waals surface area contributed by atoms with E-state index in [4.69, 9.17) is 4.52 Å². The van der Waals surface area contributed by atoms with Gasteiger partial charge in [-0.1, -0.05) is 56.3 Å². The van der Waals surface area contributed by atoms with E-state index >= 15 is 8.78 Å². The molecule has 3 amide bonds. The van der Waals surface area contributed by atoms with Crippen LogP contribution in [0.3, 0.4) is 0 Å². The highest BCUT2D eigenvalue weighted by Crippen LogP contribution is 2.34. The maximum absolute atomic E-state index is 15.4. The summed E-state index contributed by atoms with van der Waals surface area (Å²) >= 11 is 0. The van der Waals surface area contributed by atoms with Gasteiger partial charge in [-0.3, -0.25) is 34.7 Å². The predicted octanol–water partition coefficient (Wildman–Crippen LogP) is 6.60. The summed E-state index contributed by atoms with van der Waals surface area (Å²) in [6.07, 6.45) is 3.67. The quantitative estimate of drug-likeness (QED) is 0.127. The summed E-state index contributed by atoms with van der Waals surface area (Å²) in [6, 6.07) is 18.7. The third-order valence-corrected chi connectivity index (χ3v) is 11.2. The number of halogens is 2. The molecule has 0 bridgehead atoms. The average molecular weight is 817 g/mol. The lowest BCUT2D eigenvalue weighted by Crippen LogP contribution is -2.49. The van der Waals surface area contributed by atoms with E-state index < -0.39 is 30.2 Å². The summed E-state index contributed by atoms with van der Waals surface area (Å²) < 4.78 is 36.0. The fourth-order valence-electron chi connectivity index (χ4n) is 7.78. The zero-order valence-corrected chi connectivity index (χ0v) is 34.1. The number of piperidine rings is 1. The largest absolute Gasteiger partial charge is 0.369 e. The predicted molar refractivity (Wildman–Crippen MR) is 220 cm³/mol. The molecule has 2 aromatic carbocycles. The van der Waals surface area contributed by atoms with Gasteiger partial charge in [0.25, 0.3) is 11.7 Å². The van der Waals surface area contributed by atoms with Gasteiger partial charge in [0.1, 0.15) is 11.4 Å². The number of amides is 3. The van der Waals surface area contributed by atoms with Crippen LogP contribution in [0.1, 0.15) is 91.4 Å². The van der Waals surface area contributed by atoms with Crippen molar-refractivity contribution >= 4 is 34.4 Å². The van der Waals surface area contributed by atoms with E-state index in [2.05, 4.69) is 51.9 Å². The number of benzene rings is 2. The van der Waals surface area contributed by atoms with Gasteiger partial charge in [0.05, 0.1) is 18.5 Å². The molecule has 60 heavy (non-hydrogen) atoms. The first kappa shape index (κ1) is 40.4. The molecular formula is C44H46F2N10O4. The van der Waals surface area contributed by atoms with Crippen LogP contribution in [0.15, 0.2) is 77.6 Å². The topological polar surface area (TPSA) is 175 Å². The van der Waals surface area contributed by atoms with E-state index in [1.165, 1.54) is 18.3 Å². The van der Waals surface area contributed by atoms with E-state index in [0.29, 0.717) is 49.7 Å². The Balaban J connectivity index is 0.883. The van der Waals surface area contributed by atoms with Crippen molar-refractivity contribution in [3.05, 3.63) is 107 Å². The van der Waals surface area contributed by atoms with Gasteiger partial charge >= 0.3 is 5.92 Å². The Kier molecular flexibility index (Phi) is 10.7. The number of carbonyl (C=O) groups is 3. The number of aromatic amines is 1. The summed E-state index contributed by atoms with van der Waals surface area (Å²) in [7, 11) is 0. The summed E-state index contributed by atoms with van der Waals surface area (Å²) in [5.74, 6) is -4.52. The number of hydrogen-bond donors (Lipinski definition) is 3. The third kappa shape index (κ3) is 8.37. The first-order valence-electron chi connectivity index (χ1n) is 20.0. The number of nitrogens with zero attached hydrogens (tertiary/aromatic N) is 7. The van der Waals surface area contributed by atoms with Gasteiger partial charge in [-0.15, -0.1) is 0 Å². The van der Waals surface area contributed by atoms with Crippen molar-refractivity contribution in [1.82, 2.24) is 45.8 Å². The molecule has 2 unspecified atom stereocenters. The fourth-order valence-corrected chi connectivity index (χ4v) is 7.78. The first-order valence-corrected chi connectivity index (χ1v) is 20.0. The second-order valence-electron chi connectivity index (χ2n) is 16.6. The number of aryl methyl sites for hydroxylation is 1. The first-order chi connectivity index (χ1) is 28.6. The fraction of sp³-hybridized carbons (Fsp3) is 0.364. The molecule has 0 aliphatic carbocycles. The van der Waals surface area contributed by atoms with Crippen LogP contribution >= 0.6 is 0 Å². The molecule has 2 atom stereocenters. The minimum Gasteiger partial charge on any atom is -0.369 e. The number of carbonyl (C=O) groups excluding carboxylic acids is 3. The summed E-state index contributed by atoms with van der Waals surface area (Å²) in [4.78, 5) is 53.5. The van der Waals surface area contributed by atoms with E-state index in [0.717, 1.165) is 44.6 Å². The van der Waals surface area contributed by atoms with Crippen LogP contribution in [0.25, 0.3) is 33.4 Å². The smallest absolute Gasteiger partial charge is 0.302 e. The number of alkyl halides is 2. The van der Waals surface area contributed by atoms with E-state index in [1.54, 1.807) is 4.90 Å². The van der Waals surface area contributed by atoms with Gasteiger partial charge in [-0.05, 0) is 72.9 Å². The highest BCUT2D eigenvalue weighted by atomic mass is 19.3. The molecule has 2 saturated heterocycles. The number of aromatic nitrogens is 6. The van der Waals surface area contributed by atoms with Crippen molar-refractivity contribution in [1.29, 1.82) is 0 Å². The molecule has 3 N–H and O–H groups in total. The van der Waals surface area contributed by atoms with Crippen molar-refractivity contribution < 1.29 is 27.7 Å². The molecule has 310 valence electrons. The zero-order valence-electron chi connectivity index (χ0n) is 34.1. The Hall–Kier alpha value is -6.42. The molecular weight excluding hydrogens is 771 g/mol. The van der Waals surface area contributed by atoms with Crippen molar-refractivity contribution in [2.24, 2.45) is 0 Å². The van der Waals surface area contributed by atoms with Crippen LogP contribution in [-0.2, 0) is 20.9 Å². The lowest BCUT2D eigenvalue weighted by Gasteiger charge is -2.37. The molecule has 14 nitrogen and oxygen atoms in total. The number of piperazine rings is 1. The Morgan fingerprint density at radius 1 is 0.950 bits per heavy atom. The Morgan fingerprint density at radius 3 is 2.37 bits per heavy atom. The number of anilines is 1. The number of hydrogen-bond acceptors (Lipinski definition) is 11. The molecule has 0 radical (unpaired) electrons. The number of pyridine rings is 2. The van der Waals surface area contributed by atoms with Gasteiger partial charge in [-0.2, -0.15) is 18.9 Å². The number of H-pyrrole nitrogens is 1. The molecule has 2 fully saturated rings. The molecule has 8 rings (SSSR count). The summed E-state index contributed by atoms with van der Waals surface area (Å²) in [6.45, 7) is 11.4. The highest BCUT2D eigenvalue weighted by molar-refractivity contribution is 6.01. The molecule has 6 heterocycles. The van der Waals surface area contributed by atoms with Gasteiger partial charge in [0.2, 0.25) is 17.7 Å². The zero-order chi connectivity index (χ0) is 42.3. The molecule has 16 heteroatoms. The number of fused-ring (bicyclic) bond motifs is 1. The number of nitrogens with one attached hydrogen (secondary N) is 3. The van der Waals surface area contributed by atoms with Gasteiger partial charge in [-0.25, -0.2) is 4.98 Å². The van der Waals surface area contributed by atoms with E-state index in [-0.39, 0.29) is 35.3 Å². The third-order valence-electron chi connectivity index (χ3n) is 11.2. The minimum absolute atomic E-state index is 0.00430. The second-order valence-corrected chi connectivity index (χ2v) is 16.6. The summed E-state index contributed by atoms with van der Waals surface area (Å²) in [5, 5.41) is 17.7. The van der Waals surface area contributed by atoms with Crippen molar-refractivity contribution in [2.45, 2.75) is 70.8 Å². The van der Waals surface area contributed by atoms with Crippen LogP contribution in [-0.4, -0.2) is 85.7 Å². The van der Waals surface area contributed by atoms with Gasteiger partial charge in [0, 0.05) is 72.6 Å². The molecule has 4 aromatic heterocycles. The number of imide groups is 1. The second kappa shape index (κ2) is 16.0. The Labute approximate surface area is 345 Å². The highest BCUT2D eigenvalue weighted by Gasteiger charge is 2.37. The van der Waals surface area contributed by atoms with Crippen molar-refractivity contribution in [3.8, 4) is 22.4 Å². The minimum atomic E-state index is -3.17. The molecule has 0 spiro atoms. The molecule has 2 aliphatic heterocycles. The average Bonchev–Trinajstić information content (AvgIpc) is 3.90. The maximum Gasteiger partial charge on any atom is 0.302 e. The van der Waals surface area contributed by atoms with Crippen LogP contribution in [0, 0.1) is 6.92 Å². The SMILES string of the molecule is Cc1cc(-c2n[nH]c3ncc(-c4ccc(N5CCN(CC(F)(F)c6ccc(C7CCC(=O)NC7=O)cn6)CC5)cc4)cc23)ccc1C(C)NC(=O)c1noc(C(C)(C)C)n1. The van der Waals surface area contributed by atoms with Crippen molar-refractivity contribution in [2.75, 3.05) is 37.6 Å². The standard InChI is InChI=1S/C44H46F2N10O4/c1-25-20-28(8-12-32(25)26(2)49-41(59)39-51-42(60-54-39)43(3,4)5)37-34-21-30(23-48-38(34)53-52-37)27-6-10-31(11-7-27)56-18-16-55(17-19-56)24-44(45,46)35-14-9-29(22-47-35)33-13-15-36(57)50-40(33)58/h6-12,14,20-23,26,33H,13,15-19,24H2,1-5H3,(H,49,59)(H,48,52,53)(H,50,57,58). The van der Waals surface area contributed by atoms with Crippen LogP contribution < -0.4 is 15.5 Å². The van der Waals surface area contributed by atoms with Crippen LogP contribution in [0.5, 0.6) is 0 Å². The monoisotopic (exact) mass is 816 g/mol. The van der Waals surface area contributed by atoms with E-state index in [1.807, 2.05) is 83.3 Å². The Bertz CT molecular complexity index is 2560. The van der Waals surface area contributed by atoms with E-state index in [9.17, 15) is 14.4 Å². The molecule has 0 saturated carbocycles. The number of rotatable bonds is 10. The molecule has 2 aliphatic rings. The molecule has 6 aromatic rings. The van der Waals surface area contributed by atoms with Crippen molar-refractivity contribution in [3.63, 3.8) is 0 Å². The summed E-state index contributed by atoms with van der Waals surface area (Å²) in [5.41, 5.74) is 6.94. The lowest BCUT2D eigenvalue weighted by molar-refractivity contribution is -0.134. The van der Waals surface area contributed by atoms with Gasteiger partial charge in [0.15, 0.2) is 5.65 Å². The van der Waals surface area contributed by atoms with Crippen LogP contribution in [0.2, 0.25) is 0 Å². The van der Waals surface area contributed by atoms with Crippen LogP contribution in [0.4, 0.5) is 14.5 Å². The normalized spacial score (nSPS) is 17.2. The van der Waals surface area contributed by atoms with Gasteiger partial charge < -0.3 is 14.7 Å². The Morgan fingerprint density at radius 2 is 1.70 bits per heavy atom. The lowest BCUT2D eigenvalue weighted by atomic mass is 9.91.